The van der Waals surface area contributed by atoms with Crippen molar-refractivity contribution >= 4 is 16.5 Å². The first-order valence-corrected chi connectivity index (χ1v) is 8.45. The summed E-state index contributed by atoms with van der Waals surface area (Å²) in [6, 6.07) is 0.781. The Morgan fingerprint density at radius 3 is 2.89 bits per heavy atom. The quantitative estimate of drug-likeness (QED) is 0.896. The number of piperidine rings is 1. The number of aromatic nitrogens is 1. The number of nitrogens with zero attached hydrogens (tertiary/aromatic N) is 2. The summed E-state index contributed by atoms with van der Waals surface area (Å²) in [5.41, 5.74) is 1.33. The molecule has 2 aliphatic rings. The molecule has 1 aromatic rings. The van der Waals surface area contributed by atoms with Gasteiger partial charge in [0.25, 0.3) is 0 Å². The lowest BCUT2D eigenvalue weighted by molar-refractivity contribution is 0.552. The van der Waals surface area contributed by atoms with E-state index in [1.165, 1.54) is 47.9 Å². The number of anilines is 1. The highest BCUT2D eigenvalue weighted by atomic mass is 32.1. The molecule has 1 aliphatic carbocycles. The Kier molecular flexibility index (Phi) is 3.81. The Morgan fingerprint density at radius 1 is 1.47 bits per heavy atom. The van der Waals surface area contributed by atoms with Crippen LogP contribution < -0.4 is 10.2 Å². The van der Waals surface area contributed by atoms with E-state index in [4.69, 9.17) is 4.98 Å². The zero-order valence-electron chi connectivity index (χ0n) is 12.3. The van der Waals surface area contributed by atoms with Crippen molar-refractivity contribution in [2.75, 3.05) is 18.5 Å². The third-order valence-corrected chi connectivity index (χ3v) is 5.90. The van der Waals surface area contributed by atoms with Gasteiger partial charge in [-0.1, -0.05) is 13.8 Å². The Balaban J connectivity index is 1.86. The van der Waals surface area contributed by atoms with Crippen molar-refractivity contribution in [3.05, 3.63) is 10.6 Å². The van der Waals surface area contributed by atoms with Gasteiger partial charge in [-0.25, -0.2) is 4.98 Å². The summed E-state index contributed by atoms with van der Waals surface area (Å²) in [4.78, 5) is 9.03. The summed E-state index contributed by atoms with van der Waals surface area (Å²) in [6.45, 7) is 6.76. The molecule has 2 heterocycles. The average Bonchev–Trinajstić information content (AvgIpc) is 3.12. The van der Waals surface area contributed by atoms with Crippen LogP contribution in [0.5, 0.6) is 0 Å². The molecule has 3 unspecified atom stereocenters. The molecule has 1 saturated carbocycles. The molecule has 4 heteroatoms. The van der Waals surface area contributed by atoms with E-state index in [1.54, 1.807) is 0 Å². The Bertz CT molecular complexity index is 443. The highest BCUT2D eigenvalue weighted by Crippen LogP contribution is 2.42. The lowest BCUT2D eigenvalue weighted by atomic mass is 10.0. The standard InChI is InChI=1S/C15H25N3S/c1-4-10(2)14-13(8-16-3)19-15(17-14)18-9-11-5-6-12(18)7-11/h10-12,16H,4-9H2,1-3H3. The van der Waals surface area contributed by atoms with Crippen molar-refractivity contribution < 1.29 is 0 Å². The number of fused-ring (bicyclic) bond motifs is 2. The van der Waals surface area contributed by atoms with Gasteiger partial charge in [-0.3, -0.25) is 0 Å². The smallest absolute Gasteiger partial charge is 0.186 e. The van der Waals surface area contributed by atoms with E-state index >= 15 is 0 Å². The Labute approximate surface area is 120 Å². The SMILES string of the molecule is CCC(C)c1nc(N2CC3CCC2C3)sc1CNC. The monoisotopic (exact) mass is 279 g/mol. The van der Waals surface area contributed by atoms with E-state index in [2.05, 4.69) is 24.1 Å². The molecule has 106 valence electrons. The van der Waals surface area contributed by atoms with Gasteiger partial charge >= 0.3 is 0 Å². The van der Waals surface area contributed by atoms with E-state index in [0.29, 0.717) is 5.92 Å². The molecule has 1 N–H and O–H groups in total. The van der Waals surface area contributed by atoms with Crippen LogP contribution >= 0.6 is 11.3 Å². The van der Waals surface area contributed by atoms with Gasteiger partial charge in [0.05, 0.1) is 5.69 Å². The largest absolute Gasteiger partial charge is 0.345 e. The first-order valence-electron chi connectivity index (χ1n) is 7.63. The number of hydrogen-bond donors (Lipinski definition) is 1. The summed E-state index contributed by atoms with van der Waals surface area (Å²) in [5.74, 6) is 1.52. The zero-order valence-corrected chi connectivity index (χ0v) is 13.1. The molecule has 1 saturated heterocycles. The van der Waals surface area contributed by atoms with Gasteiger partial charge in [-0.2, -0.15) is 0 Å². The molecule has 0 amide bonds. The minimum absolute atomic E-state index is 0.577. The van der Waals surface area contributed by atoms with E-state index in [1.807, 2.05) is 18.4 Å². The second-order valence-electron chi connectivity index (χ2n) is 6.13. The summed E-state index contributed by atoms with van der Waals surface area (Å²) in [5, 5.41) is 4.58. The molecule has 2 bridgehead atoms. The molecule has 0 radical (unpaired) electrons. The van der Waals surface area contributed by atoms with Crippen molar-refractivity contribution in [2.45, 2.75) is 58.0 Å². The molecule has 19 heavy (non-hydrogen) atoms. The highest BCUT2D eigenvalue weighted by Gasteiger charge is 2.39. The first kappa shape index (κ1) is 13.4. The van der Waals surface area contributed by atoms with Crippen molar-refractivity contribution in [1.29, 1.82) is 0 Å². The van der Waals surface area contributed by atoms with Crippen LogP contribution in [-0.2, 0) is 6.54 Å². The van der Waals surface area contributed by atoms with Crippen LogP contribution in [-0.4, -0.2) is 24.6 Å². The molecule has 0 spiro atoms. The molecule has 0 aromatic carbocycles. The van der Waals surface area contributed by atoms with Gasteiger partial charge in [0.15, 0.2) is 5.13 Å². The minimum atomic E-state index is 0.577. The van der Waals surface area contributed by atoms with E-state index < -0.39 is 0 Å². The maximum Gasteiger partial charge on any atom is 0.186 e. The summed E-state index contributed by atoms with van der Waals surface area (Å²) < 4.78 is 0. The minimum Gasteiger partial charge on any atom is -0.345 e. The van der Waals surface area contributed by atoms with Gasteiger partial charge in [-0.15, -0.1) is 11.3 Å². The summed E-state index contributed by atoms with van der Waals surface area (Å²) in [6.07, 6.45) is 5.39. The van der Waals surface area contributed by atoms with Gasteiger partial charge in [-0.05, 0) is 44.6 Å². The number of thiazole rings is 1. The number of rotatable bonds is 5. The molecule has 1 aromatic heterocycles. The molecule has 2 fully saturated rings. The molecule has 3 nitrogen and oxygen atoms in total. The second-order valence-corrected chi connectivity index (χ2v) is 7.19. The molecule has 1 aliphatic heterocycles. The van der Waals surface area contributed by atoms with E-state index in [-0.39, 0.29) is 0 Å². The van der Waals surface area contributed by atoms with Crippen LogP contribution in [0, 0.1) is 5.92 Å². The fourth-order valence-electron chi connectivity index (χ4n) is 3.50. The molecule has 3 rings (SSSR count). The Hall–Kier alpha value is -0.610. The fraction of sp³-hybridized carbons (Fsp3) is 0.800. The van der Waals surface area contributed by atoms with Crippen LogP contribution in [0.1, 0.15) is 56.0 Å². The van der Waals surface area contributed by atoms with Crippen LogP contribution in [0.25, 0.3) is 0 Å². The normalized spacial score (nSPS) is 27.2. The predicted molar refractivity (Wildman–Crippen MR) is 82.1 cm³/mol. The van der Waals surface area contributed by atoms with Crippen molar-refractivity contribution in [2.24, 2.45) is 5.92 Å². The van der Waals surface area contributed by atoms with Gasteiger partial charge in [0.2, 0.25) is 0 Å². The van der Waals surface area contributed by atoms with Crippen molar-refractivity contribution in [1.82, 2.24) is 10.3 Å². The molecular formula is C15H25N3S. The Morgan fingerprint density at radius 2 is 2.32 bits per heavy atom. The van der Waals surface area contributed by atoms with Crippen LogP contribution in [0.2, 0.25) is 0 Å². The van der Waals surface area contributed by atoms with Crippen LogP contribution in [0.3, 0.4) is 0 Å². The van der Waals surface area contributed by atoms with Crippen LogP contribution in [0.15, 0.2) is 0 Å². The predicted octanol–water partition coefficient (Wildman–Crippen LogP) is 3.36. The first-order chi connectivity index (χ1) is 9.22. The van der Waals surface area contributed by atoms with Crippen LogP contribution in [0.4, 0.5) is 5.13 Å². The summed E-state index contributed by atoms with van der Waals surface area (Å²) in [7, 11) is 2.03. The second kappa shape index (κ2) is 5.41. The lowest BCUT2D eigenvalue weighted by Gasteiger charge is -2.26. The van der Waals surface area contributed by atoms with Gasteiger partial charge in [0, 0.05) is 24.0 Å². The topological polar surface area (TPSA) is 28.2 Å². The molecular weight excluding hydrogens is 254 g/mol. The maximum atomic E-state index is 5.00. The van der Waals surface area contributed by atoms with Gasteiger partial charge < -0.3 is 10.2 Å². The lowest BCUT2D eigenvalue weighted by Crippen LogP contribution is -2.31. The number of hydrogen-bond acceptors (Lipinski definition) is 4. The third kappa shape index (κ3) is 2.40. The van der Waals surface area contributed by atoms with Crippen molar-refractivity contribution in [3.63, 3.8) is 0 Å². The average molecular weight is 279 g/mol. The zero-order chi connectivity index (χ0) is 13.4. The van der Waals surface area contributed by atoms with E-state index in [0.717, 1.165) is 18.5 Å². The number of nitrogens with one attached hydrogen (secondary N) is 1. The molecule has 3 atom stereocenters. The van der Waals surface area contributed by atoms with Gasteiger partial charge in [0.1, 0.15) is 0 Å². The highest BCUT2D eigenvalue weighted by molar-refractivity contribution is 7.15. The third-order valence-electron chi connectivity index (χ3n) is 4.79. The van der Waals surface area contributed by atoms with E-state index in [9.17, 15) is 0 Å². The van der Waals surface area contributed by atoms with Crippen molar-refractivity contribution in [3.8, 4) is 0 Å². The maximum absolute atomic E-state index is 5.00. The fourth-order valence-corrected chi connectivity index (χ4v) is 4.77. The summed E-state index contributed by atoms with van der Waals surface area (Å²) >= 11 is 1.92.